The Morgan fingerprint density at radius 3 is 2.90 bits per heavy atom. The van der Waals surface area contributed by atoms with E-state index in [1.165, 1.54) is 36.3 Å². The summed E-state index contributed by atoms with van der Waals surface area (Å²) in [5.74, 6) is 0.590. The van der Waals surface area contributed by atoms with Crippen LogP contribution in [0.5, 0.6) is 0 Å². The first-order valence-corrected chi connectivity index (χ1v) is 8.74. The zero-order valence-corrected chi connectivity index (χ0v) is 14.1. The molecule has 1 aliphatic carbocycles. The lowest BCUT2D eigenvalue weighted by Crippen LogP contribution is -2.25. The summed E-state index contributed by atoms with van der Waals surface area (Å²) in [6.45, 7) is 11.4. The molecule has 1 heterocycles. The van der Waals surface area contributed by atoms with Crippen LogP contribution in [0.25, 0.3) is 0 Å². The van der Waals surface area contributed by atoms with Crippen molar-refractivity contribution < 1.29 is 4.74 Å². The maximum absolute atomic E-state index is 5.86. The fourth-order valence-electron chi connectivity index (χ4n) is 2.84. The molecule has 1 aromatic rings. The minimum Gasteiger partial charge on any atom is -0.369 e. The monoisotopic (exact) mass is 296 g/mol. The predicted molar refractivity (Wildman–Crippen MR) is 85.6 cm³/mol. The molecule has 1 aromatic heterocycles. The molecule has 2 rings (SSSR count). The van der Waals surface area contributed by atoms with Crippen molar-refractivity contribution in [2.24, 2.45) is 0 Å². The Kier molecular flexibility index (Phi) is 5.58. The summed E-state index contributed by atoms with van der Waals surface area (Å²) in [5.41, 5.74) is 1.09. The number of ether oxygens (including phenoxy) is 1. The maximum Gasteiger partial charge on any atom is 0.125 e. The van der Waals surface area contributed by atoms with Gasteiger partial charge in [0.15, 0.2) is 0 Å². The number of thiazole rings is 1. The van der Waals surface area contributed by atoms with Crippen molar-refractivity contribution >= 4 is 11.3 Å². The summed E-state index contributed by atoms with van der Waals surface area (Å²) in [6, 6.07) is 0. The Morgan fingerprint density at radius 1 is 1.40 bits per heavy atom. The quantitative estimate of drug-likeness (QED) is 0.776. The SMILES string of the molecule is CCCNCC1CCCc2sc(C(C)(C)OCC)nc21. The van der Waals surface area contributed by atoms with E-state index in [1.807, 2.05) is 18.3 Å². The Labute approximate surface area is 127 Å². The van der Waals surface area contributed by atoms with Gasteiger partial charge in [-0.25, -0.2) is 4.98 Å². The van der Waals surface area contributed by atoms with Gasteiger partial charge in [-0.05, 0) is 53.0 Å². The van der Waals surface area contributed by atoms with E-state index in [0.29, 0.717) is 5.92 Å². The van der Waals surface area contributed by atoms with Crippen LogP contribution in [-0.2, 0) is 16.8 Å². The van der Waals surface area contributed by atoms with Crippen molar-refractivity contribution in [3.8, 4) is 0 Å². The van der Waals surface area contributed by atoms with Crippen molar-refractivity contribution in [1.82, 2.24) is 10.3 Å². The molecule has 1 aliphatic rings. The van der Waals surface area contributed by atoms with Gasteiger partial charge in [-0.2, -0.15) is 0 Å². The van der Waals surface area contributed by atoms with Gasteiger partial charge in [0, 0.05) is 23.9 Å². The molecule has 0 bridgehead atoms. The molecule has 0 saturated carbocycles. The Bertz CT molecular complexity index is 428. The summed E-state index contributed by atoms with van der Waals surface area (Å²) in [5, 5.41) is 4.70. The van der Waals surface area contributed by atoms with Crippen LogP contribution in [0.15, 0.2) is 0 Å². The van der Waals surface area contributed by atoms with E-state index in [4.69, 9.17) is 9.72 Å². The number of aryl methyl sites for hydroxylation is 1. The van der Waals surface area contributed by atoms with E-state index in [9.17, 15) is 0 Å². The highest BCUT2D eigenvalue weighted by Gasteiger charge is 2.30. The van der Waals surface area contributed by atoms with Crippen LogP contribution in [0.3, 0.4) is 0 Å². The Balaban J connectivity index is 2.14. The lowest BCUT2D eigenvalue weighted by Gasteiger charge is -2.22. The second kappa shape index (κ2) is 7.01. The van der Waals surface area contributed by atoms with Crippen LogP contribution in [0.1, 0.15) is 68.5 Å². The van der Waals surface area contributed by atoms with Crippen LogP contribution in [0.2, 0.25) is 0 Å². The fourth-order valence-corrected chi connectivity index (χ4v) is 4.08. The second-order valence-electron chi connectivity index (χ2n) is 6.06. The van der Waals surface area contributed by atoms with E-state index in [-0.39, 0.29) is 5.60 Å². The van der Waals surface area contributed by atoms with E-state index in [1.54, 1.807) is 0 Å². The second-order valence-corrected chi connectivity index (χ2v) is 7.15. The largest absolute Gasteiger partial charge is 0.369 e. The topological polar surface area (TPSA) is 34.1 Å². The smallest absolute Gasteiger partial charge is 0.125 e. The normalized spacial score (nSPS) is 19.1. The number of hydrogen-bond acceptors (Lipinski definition) is 4. The molecule has 1 atom stereocenters. The molecule has 0 aliphatic heterocycles. The van der Waals surface area contributed by atoms with Crippen molar-refractivity contribution in [1.29, 1.82) is 0 Å². The molecule has 4 heteroatoms. The van der Waals surface area contributed by atoms with Crippen molar-refractivity contribution in [3.05, 3.63) is 15.6 Å². The molecular weight excluding hydrogens is 268 g/mol. The summed E-state index contributed by atoms with van der Waals surface area (Å²) in [7, 11) is 0. The number of rotatable bonds is 7. The third-order valence-corrected chi connectivity index (χ3v) is 5.34. The summed E-state index contributed by atoms with van der Waals surface area (Å²) in [4.78, 5) is 6.44. The Hall–Kier alpha value is -0.450. The third-order valence-electron chi connectivity index (χ3n) is 3.91. The van der Waals surface area contributed by atoms with Crippen LogP contribution in [0.4, 0.5) is 0 Å². The molecule has 0 radical (unpaired) electrons. The van der Waals surface area contributed by atoms with Crippen LogP contribution in [0, 0.1) is 0 Å². The third kappa shape index (κ3) is 3.60. The van der Waals surface area contributed by atoms with Crippen molar-refractivity contribution in [3.63, 3.8) is 0 Å². The average molecular weight is 296 g/mol. The van der Waals surface area contributed by atoms with E-state index >= 15 is 0 Å². The van der Waals surface area contributed by atoms with Gasteiger partial charge in [0.25, 0.3) is 0 Å². The van der Waals surface area contributed by atoms with Gasteiger partial charge in [0.1, 0.15) is 10.6 Å². The van der Waals surface area contributed by atoms with E-state index < -0.39 is 0 Å². The molecule has 1 N–H and O–H groups in total. The van der Waals surface area contributed by atoms with Crippen LogP contribution >= 0.6 is 11.3 Å². The van der Waals surface area contributed by atoms with Gasteiger partial charge in [-0.3, -0.25) is 0 Å². The molecule has 114 valence electrons. The molecule has 0 spiro atoms. The number of aromatic nitrogens is 1. The minimum absolute atomic E-state index is 0.252. The van der Waals surface area contributed by atoms with Crippen molar-refractivity contribution in [2.75, 3.05) is 19.7 Å². The fraction of sp³-hybridized carbons (Fsp3) is 0.812. The van der Waals surface area contributed by atoms with E-state index in [2.05, 4.69) is 26.1 Å². The van der Waals surface area contributed by atoms with Gasteiger partial charge in [0.2, 0.25) is 0 Å². The highest BCUT2D eigenvalue weighted by Crippen LogP contribution is 2.38. The first-order chi connectivity index (χ1) is 9.58. The molecule has 0 fully saturated rings. The molecule has 0 aromatic carbocycles. The lowest BCUT2D eigenvalue weighted by molar-refractivity contribution is -0.0142. The number of hydrogen-bond donors (Lipinski definition) is 1. The standard InChI is InChI=1S/C16H28N2OS/c1-5-10-17-11-12-8-7-9-13-14(12)18-15(20-13)16(3,4)19-6-2/h12,17H,5-11H2,1-4H3. The van der Waals surface area contributed by atoms with Gasteiger partial charge in [-0.15, -0.1) is 11.3 Å². The number of nitrogens with one attached hydrogen (secondary N) is 1. The first kappa shape index (κ1) is 15.9. The maximum atomic E-state index is 5.86. The molecule has 1 unspecified atom stereocenters. The zero-order valence-electron chi connectivity index (χ0n) is 13.3. The van der Waals surface area contributed by atoms with Crippen LogP contribution < -0.4 is 5.32 Å². The van der Waals surface area contributed by atoms with E-state index in [0.717, 1.165) is 24.7 Å². The molecular formula is C16H28N2OS. The van der Waals surface area contributed by atoms with Gasteiger partial charge >= 0.3 is 0 Å². The van der Waals surface area contributed by atoms with Crippen LogP contribution in [-0.4, -0.2) is 24.7 Å². The van der Waals surface area contributed by atoms with Gasteiger partial charge in [-0.1, -0.05) is 6.92 Å². The Morgan fingerprint density at radius 2 is 2.20 bits per heavy atom. The van der Waals surface area contributed by atoms with Crippen molar-refractivity contribution in [2.45, 2.75) is 64.9 Å². The molecule has 0 saturated heterocycles. The lowest BCUT2D eigenvalue weighted by atomic mass is 9.91. The first-order valence-electron chi connectivity index (χ1n) is 7.93. The molecule has 3 nitrogen and oxygen atoms in total. The average Bonchev–Trinajstić information content (AvgIpc) is 2.84. The summed E-state index contributed by atoms with van der Waals surface area (Å²) >= 11 is 1.86. The zero-order chi connectivity index (χ0) is 14.6. The summed E-state index contributed by atoms with van der Waals surface area (Å²) in [6.07, 6.45) is 4.95. The predicted octanol–water partition coefficient (Wildman–Crippen LogP) is 3.83. The molecule has 20 heavy (non-hydrogen) atoms. The minimum atomic E-state index is -0.252. The summed E-state index contributed by atoms with van der Waals surface area (Å²) < 4.78 is 5.86. The highest BCUT2D eigenvalue weighted by molar-refractivity contribution is 7.11. The van der Waals surface area contributed by atoms with Gasteiger partial charge < -0.3 is 10.1 Å². The van der Waals surface area contributed by atoms with Gasteiger partial charge in [0.05, 0.1) is 5.69 Å². The number of nitrogens with zero attached hydrogens (tertiary/aromatic N) is 1. The molecule has 0 amide bonds. The highest BCUT2D eigenvalue weighted by atomic mass is 32.1. The number of fused-ring (bicyclic) bond motifs is 1.